The first kappa shape index (κ1) is 13.0. The van der Waals surface area contributed by atoms with E-state index in [1.54, 1.807) is 0 Å². The largest absolute Gasteiger partial charge is 0.355 e. The van der Waals surface area contributed by atoms with Crippen molar-refractivity contribution in [2.75, 3.05) is 31.6 Å². The summed E-state index contributed by atoms with van der Waals surface area (Å²) in [5.41, 5.74) is 2.54. The fraction of sp³-hybridized carbons (Fsp3) is 0.667. The molecular formula is C15H21N5O. The van der Waals surface area contributed by atoms with Gasteiger partial charge in [0, 0.05) is 25.7 Å². The molecule has 1 aromatic heterocycles. The molecular weight excluding hydrogens is 266 g/mol. The Bertz CT molecular complexity index is 569. The van der Waals surface area contributed by atoms with Crippen molar-refractivity contribution < 1.29 is 4.79 Å². The highest BCUT2D eigenvalue weighted by atomic mass is 16.2. The van der Waals surface area contributed by atoms with Gasteiger partial charge in [-0.25, -0.2) is 0 Å². The van der Waals surface area contributed by atoms with Gasteiger partial charge in [-0.2, -0.15) is 5.10 Å². The van der Waals surface area contributed by atoms with Crippen molar-refractivity contribution in [3.05, 3.63) is 17.3 Å². The summed E-state index contributed by atoms with van der Waals surface area (Å²) in [6.07, 6.45) is 4.34. The van der Waals surface area contributed by atoms with Crippen LogP contribution in [0.15, 0.2) is 6.07 Å². The molecule has 1 atom stereocenters. The van der Waals surface area contributed by atoms with Gasteiger partial charge in [-0.1, -0.05) is 0 Å². The van der Waals surface area contributed by atoms with E-state index in [4.69, 9.17) is 0 Å². The Morgan fingerprint density at radius 1 is 1.33 bits per heavy atom. The van der Waals surface area contributed by atoms with Crippen molar-refractivity contribution in [3.63, 3.8) is 0 Å². The number of amides is 1. The molecule has 0 radical (unpaired) electrons. The second-order valence-electron chi connectivity index (χ2n) is 6.35. The number of carbonyl (C=O) groups excluding carboxylic acids is 1. The van der Waals surface area contributed by atoms with Crippen LogP contribution in [0, 0.1) is 0 Å². The zero-order valence-electron chi connectivity index (χ0n) is 12.4. The molecule has 1 amide bonds. The van der Waals surface area contributed by atoms with Crippen LogP contribution in [-0.4, -0.2) is 59.8 Å². The maximum Gasteiger partial charge on any atom is 0.237 e. The zero-order chi connectivity index (χ0) is 14.4. The Hall–Kier alpha value is -1.69. The summed E-state index contributed by atoms with van der Waals surface area (Å²) in [6.45, 7) is 2.68. The maximum atomic E-state index is 11.8. The molecule has 0 bridgehead atoms. The highest BCUT2D eigenvalue weighted by Crippen LogP contribution is 2.27. The van der Waals surface area contributed by atoms with Crippen LogP contribution in [0.4, 0.5) is 5.82 Å². The number of nitrogens with zero attached hydrogens (tertiary/aromatic N) is 4. The van der Waals surface area contributed by atoms with E-state index in [2.05, 4.69) is 38.4 Å². The van der Waals surface area contributed by atoms with Gasteiger partial charge in [0.25, 0.3) is 0 Å². The third kappa shape index (κ3) is 2.18. The molecule has 1 aliphatic carbocycles. The van der Waals surface area contributed by atoms with Gasteiger partial charge in [-0.15, -0.1) is 5.10 Å². The molecule has 112 valence electrons. The smallest absolute Gasteiger partial charge is 0.237 e. The van der Waals surface area contributed by atoms with Gasteiger partial charge in [0.05, 0.1) is 11.7 Å². The maximum absolute atomic E-state index is 11.8. The van der Waals surface area contributed by atoms with Crippen molar-refractivity contribution in [1.29, 1.82) is 0 Å². The van der Waals surface area contributed by atoms with Crippen LogP contribution in [0.2, 0.25) is 0 Å². The van der Waals surface area contributed by atoms with Crippen LogP contribution in [0.5, 0.6) is 0 Å². The van der Waals surface area contributed by atoms with Crippen LogP contribution in [0.3, 0.4) is 0 Å². The lowest BCUT2D eigenvalue weighted by molar-refractivity contribution is -0.124. The van der Waals surface area contributed by atoms with E-state index in [0.717, 1.165) is 44.7 Å². The third-order valence-corrected chi connectivity index (χ3v) is 5.08. The molecule has 3 aliphatic rings. The molecule has 21 heavy (non-hydrogen) atoms. The summed E-state index contributed by atoms with van der Waals surface area (Å²) in [6, 6.07) is 2.69. The van der Waals surface area contributed by atoms with Crippen LogP contribution in [0.25, 0.3) is 0 Å². The van der Waals surface area contributed by atoms with Crippen molar-refractivity contribution in [2.24, 2.45) is 0 Å². The minimum atomic E-state index is 0.0447. The molecule has 2 fully saturated rings. The second kappa shape index (κ2) is 4.94. The lowest BCUT2D eigenvalue weighted by Gasteiger charge is -2.46. The molecule has 6 nitrogen and oxygen atoms in total. The average molecular weight is 287 g/mol. The number of likely N-dealkylation sites (N-methyl/N-ethyl adjacent to an activating group) is 1. The number of hydrogen-bond acceptors (Lipinski definition) is 5. The van der Waals surface area contributed by atoms with Crippen LogP contribution in [0.1, 0.15) is 24.1 Å². The van der Waals surface area contributed by atoms with E-state index in [1.807, 2.05) is 0 Å². The van der Waals surface area contributed by atoms with Gasteiger partial charge in [0.2, 0.25) is 5.91 Å². The van der Waals surface area contributed by atoms with Crippen molar-refractivity contribution in [2.45, 2.75) is 37.8 Å². The molecule has 1 unspecified atom stereocenters. The van der Waals surface area contributed by atoms with Crippen LogP contribution < -0.4 is 10.2 Å². The molecule has 4 rings (SSSR count). The zero-order valence-corrected chi connectivity index (χ0v) is 12.4. The molecule has 0 aromatic carbocycles. The van der Waals surface area contributed by atoms with E-state index in [0.29, 0.717) is 6.04 Å². The minimum absolute atomic E-state index is 0.0447. The van der Waals surface area contributed by atoms with Gasteiger partial charge in [-0.3, -0.25) is 9.69 Å². The Kier molecular flexibility index (Phi) is 3.06. The molecule has 6 heteroatoms. The summed E-state index contributed by atoms with van der Waals surface area (Å²) in [5.74, 6) is 1.17. The molecule has 1 N–H and O–H groups in total. The lowest BCUT2D eigenvalue weighted by atomic mass is 10.0. The fourth-order valence-corrected chi connectivity index (χ4v) is 3.60. The first-order valence-corrected chi connectivity index (χ1v) is 7.82. The first-order chi connectivity index (χ1) is 10.2. The van der Waals surface area contributed by atoms with Gasteiger partial charge >= 0.3 is 0 Å². The van der Waals surface area contributed by atoms with E-state index >= 15 is 0 Å². The predicted molar refractivity (Wildman–Crippen MR) is 79.2 cm³/mol. The van der Waals surface area contributed by atoms with E-state index < -0.39 is 0 Å². The van der Waals surface area contributed by atoms with Gasteiger partial charge < -0.3 is 10.2 Å². The summed E-state index contributed by atoms with van der Waals surface area (Å²) >= 11 is 0. The third-order valence-electron chi connectivity index (χ3n) is 5.08. The SMILES string of the molecule is CN(C1CN(c2cc3c(nn2)CCC3)C1)C1CCNC1=O. The van der Waals surface area contributed by atoms with Gasteiger partial charge in [-0.05, 0) is 44.4 Å². The van der Waals surface area contributed by atoms with Gasteiger partial charge in [0.1, 0.15) is 0 Å². The molecule has 0 saturated carbocycles. The summed E-state index contributed by atoms with van der Waals surface area (Å²) in [4.78, 5) is 16.2. The highest BCUT2D eigenvalue weighted by Gasteiger charge is 2.38. The summed E-state index contributed by atoms with van der Waals surface area (Å²) in [7, 11) is 2.06. The van der Waals surface area contributed by atoms with E-state index in [1.165, 1.54) is 17.7 Å². The number of fused-ring (bicyclic) bond motifs is 1. The number of rotatable bonds is 3. The second-order valence-corrected chi connectivity index (χ2v) is 6.35. The minimum Gasteiger partial charge on any atom is -0.355 e. The van der Waals surface area contributed by atoms with Crippen molar-refractivity contribution in [1.82, 2.24) is 20.4 Å². The lowest BCUT2D eigenvalue weighted by Crippen LogP contribution is -2.61. The van der Waals surface area contributed by atoms with E-state index in [-0.39, 0.29) is 11.9 Å². The molecule has 2 aliphatic heterocycles. The standard InChI is InChI=1S/C15H21N5O/c1-19(13-5-6-16-15(13)21)11-8-20(9-11)14-7-10-3-2-4-12(10)17-18-14/h7,11,13H,2-6,8-9H2,1H3,(H,16,21). The van der Waals surface area contributed by atoms with Crippen LogP contribution >= 0.6 is 0 Å². The van der Waals surface area contributed by atoms with E-state index in [9.17, 15) is 4.79 Å². The predicted octanol–water partition coefficient (Wildman–Crippen LogP) is -0.0258. The summed E-state index contributed by atoms with van der Waals surface area (Å²) in [5, 5.41) is 11.6. The quantitative estimate of drug-likeness (QED) is 0.846. The number of carbonyl (C=O) groups is 1. The number of aromatic nitrogens is 2. The molecule has 0 spiro atoms. The normalized spacial score (nSPS) is 25.1. The fourth-order valence-electron chi connectivity index (χ4n) is 3.60. The average Bonchev–Trinajstić information content (AvgIpc) is 3.04. The Labute approximate surface area is 124 Å². The number of hydrogen-bond donors (Lipinski definition) is 1. The molecule has 3 heterocycles. The summed E-state index contributed by atoms with van der Waals surface area (Å²) < 4.78 is 0. The topological polar surface area (TPSA) is 61.4 Å². The molecule has 2 saturated heterocycles. The Balaban J connectivity index is 1.39. The van der Waals surface area contributed by atoms with Crippen molar-refractivity contribution in [3.8, 4) is 0 Å². The van der Waals surface area contributed by atoms with Crippen LogP contribution in [-0.2, 0) is 17.6 Å². The monoisotopic (exact) mass is 287 g/mol. The number of nitrogens with one attached hydrogen (secondary N) is 1. The first-order valence-electron chi connectivity index (χ1n) is 7.82. The van der Waals surface area contributed by atoms with Gasteiger partial charge in [0.15, 0.2) is 5.82 Å². The Morgan fingerprint density at radius 3 is 2.95 bits per heavy atom. The highest BCUT2D eigenvalue weighted by molar-refractivity contribution is 5.83. The number of aryl methyl sites for hydroxylation is 2. The molecule has 1 aromatic rings. The number of anilines is 1. The van der Waals surface area contributed by atoms with Crippen molar-refractivity contribution >= 4 is 11.7 Å². The Morgan fingerprint density at radius 2 is 2.19 bits per heavy atom.